The fourth-order valence-electron chi connectivity index (χ4n) is 8.65. The zero-order valence-corrected chi connectivity index (χ0v) is 26.3. The zero-order valence-electron chi connectivity index (χ0n) is 24.7. The van der Waals surface area contributed by atoms with Crippen molar-refractivity contribution < 1.29 is 23.1 Å². The molecular weight excluding hydrogens is 584 g/mol. The number of nitrogens with zero attached hydrogens (tertiary/aromatic N) is 1. The number of anilines is 1. The highest BCUT2D eigenvalue weighted by molar-refractivity contribution is 7.90. The average molecular weight is 625 g/mol. The number of benzene rings is 2. The molecule has 0 unspecified atom stereocenters. The molecule has 1 amide bonds. The Labute approximate surface area is 259 Å². The number of rotatable bonds is 0. The van der Waals surface area contributed by atoms with E-state index in [-0.39, 0.29) is 17.3 Å². The lowest BCUT2D eigenvalue weighted by molar-refractivity contribution is 0.0455. The fraction of sp³-hybridized carbons (Fsp3) is 0.559. The monoisotopic (exact) mass is 624 g/mol. The van der Waals surface area contributed by atoms with Crippen LogP contribution in [0.25, 0.3) is 0 Å². The van der Waals surface area contributed by atoms with Gasteiger partial charge in [0.2, 0.25) is 10.0 Å². The van der Waals surface area contributed by atoms with Crippen LogP contribution in [0.1, 0.15) is 79.8 Å². The Kier molecular flexibility index (Phi) is 7.34. The number of carbonyl (C=O) groups is 1. The molecule has 0 saturated heterocycles. The zero-order chi connectivity index (χ0) is 30.0. The van der Waals surface area contributed by atoms with Crippen molar-refractivity contribution in [2.24, 2.45) is 17.3 Å². The van der Waals surface area contributed by atoms with Crippen LogP contribution in [0, 0.1) is 17.3 Å². The summed E-state index contributed by atoms with van der Waals surface area (Å²) in [5.41, 5.74) is 2.88. The van der Waals surface area contributed by atoms with E-state index in [1.807, 2.05) is 31.2 Å². The highest BCUT2D eigenvalue weighted by Crippen LogP contribution is 2.48. The van der Waals surface area contributed by atoms with Crippen LogP contribution in [0.3, 0.4) is 0 Å². The number of aryl methyl sites for hydroxylation is 1. The second-order valence-corrected chi connectivity index (χ2v) is 16.2. The van der Waals surface area contributed by atoms with Crippen LogP contribution in [-0.2, 0) is 21.9 Å². The van der Waals surface area contributed by atoms with Crippen LogP contribution in [0.15, 0.2) is 48.6 Å². The first kappa shape index (κ1) is 29.2. The quantitative estimate of drug-likeness (QED) is 0.361. The number of allylic oxidation sites excluding steroid dienone is 1. The Hall–Kier alpha value is -2.55. The first-order valence-corrected chi connectivity index (χ1v) is 17.7. The van der Waals surface area contributed by atoms with Gasteiger partial charge in [-0.2, -0.15) is 0 Å². The van der Waals surface area contributed by atoms with Gasteiger partial charge in [-0.3, -0.25) is 4.79 Å². The number of sulfonamides is 1. The number of aliphatic hydroxyl groups excluding tert-OH is 1. The van der Waals surface area contributed by atoms with Crippen LogP contribution in [0.5, 0.6) is 5.75 Å². The van der Waals surface area contributed by atoms with Crippen molar-refractivity contribution >= 4 is 33.2 Å². The van der Waals surface area contributed by atoms with Crippen LogP contribution in [-0.4, -0.2) is 50.5 Å². The summed E-state index contributed by atoms with van der Waals surface area (Å²) in [7, 11) is -3.92. The largest absolute Gasteiger partial charge is 0.490 e. The third kappa shape index (κ3) is 5.17. The van der Waals surface area contributed by atoms with Gasteiger partial charge in [0.25, 0.3) is 5.91 Å². The van der Waals surface area contributed by atoms with Crippen LogP contribution < -0.4 is 14.4 Å². The predicted molar refractivity (Wildman–Crippen MR) is 168 cm³/mol. The van der Waals surface area contributed by atoms with Crippen molar-refractivity contribution in [1.82, 2.24) is 4.72 Å². The maximum Gasteiger partial charge on any atom is 0.264 e. The SMILES string of the molecule is C[C@]12C/C=C/[C@H](O)[C@@H]3CC[C@H]3CN3C[C@@]4(CCCc5cc(Cl)ccc54)COc4ccc(cc43)C(=O)NS(=O)(=O)[C@@H]1CCC2. The standard InChI is InChI=1S/C34H41ClN2O5S/c1-33-14-3-6-29(38)26-11-8-24(26)19-37-20-34(16-2-5-22-17-25(35)10-12-27(22)34)21-42-30-13-9-23(18-28(30)37)32(39)36-43(40,41)31(33)7-4-15-33/h3,6,9-10,12-13,17-18,24,26,29,31,38H,2,4-5,7-8,11,14-16,19-21H2,1H3,(H,36,39)/b6-3+/t24-,26+,29-,31+,33+,34-/m0/s1. The molecule has 9 heteroatoms. The van der Waals surface area contributed by atoms with Crippen LogP contribution in [0.4, 0.5) is 5.69 Å². The van der Waals surface area contributed by atoms with Crippen molar-refractivity contribution in [3.8, 4) is 5.75 Å². The molecule has 43 heavy (non-hydrogen) atoms. The van der Waals surface area contributed by atoms with Crippen molar-refractivity contribution in [2.75, 3.05) is 24.6 Å². The Morgan fingerprint density at radius 2 is 1.95 bits per heavy atom. The first-order valence-electron chi connectivity index (χ1n) is 15.8. The van der Waals surface area contributed by atoms with Gasteiger partial charge >= 0.3 is 0 Å². The summed E-state index contributed by atoms with van der Waals surface area (Å²) in [6.45, 7) is 3.92. The van der Waals surface area contributed by atoms with Gasteiger partial charge in [0.15, 0.2) is 0 Å². The molecule has 2 fully saturated rings. The second kappa shape index (κ2) is 10.8. The van der Waals surface area contributed by atoms with Gasteiger partial charge in [0, 0.05) is 29.1 Å². The van der Waals surface area contributed by atoms with E-state index in [1.165, 1.54) is 11.1 Å². The molecular formula is C34H41ClN2O5S. The lowest BCUT2D eigenvalue weighted by Crippen LogP contribution is -2.49. The van der Waals surface area contributed by atoms with Gasteiger partial charge in [0.05, 0.1) is 23.6 Å². The van der Waals surface area contributed by atoms with Crippen molar-refractivity contribution in [2.45, 2.75) is 81.5 Å². The Balaban J connectivity index is 1.30. The molecule has 7 rings (SSSR count). The molecule has 2 saturated carbocycles. The molecule has 2 aromatic carbocycles. The van der Waals surface area contributed by atoms with Crippen molar-refractivity contribution in [3.05, 3.63) is 70.3 Å². The Morgan fingerprint density at radius 1 is 1.09 bits per heavy atom. The molecule has 0 radical (unpaired) electrons. The summed E-state index contributed by atoms with van der Waals surface area (Å²) in [6.07, 6.45) is 10.9. The number of carbonyl (C=O) groups excluding carboxylic acids is 1. The summed E-state index contributed by atoms with van der Waals surface area (Å²) < 4.78 is 36.2. The van der Waals surface area contributed by atoms with E-state index >= 15 is 0 Å². The minimum atomic E-state index is -3.92. The lowest BCUT2D eigenvalue weighted by Gasteiger charge is -2.45. The topological polar surface area (TPSA) is 95.9 Å². The molecule has 2 aliphatic heterocycles. The van der Waals surface area contributed by atoms with Gasteiger partial charge < -0.3 is 14.7 Å². The molecule has 7 nitrogen and oxygen atoms in total. The predicted octanol–water partition coefficient (Wildman–Crippen LogP) is 5.78. The summed E-state index contributed by atoms with van der Waals surface area (Å²) in [4.78, 5) is 15.9. The number of fused-ring (bicyclic) bond motifs is 5. The molecule has 3 aliphatic carbocycles. The van der Waals surface area contributed by atoms with Gasteiger partial charge in [-0.05, 0) is 110 Å². The van der Waals surface area contributed by atoms with E-state index in [4.69, 9.17) is 16.3 Å². The second-order valence-electron chi connectivity index (χ2n) is 13.9. The first-order chi connectivity index (χ1) is 20.6. The highest BCUT2D eigenvalue weighted by atomic mass is 35.5. The Morgan fingerprint density at radius 3 is 2.77 bits per heavy atom. The number of ether oxygens (including phenoxy) is 1. The van der Waals surface area contributed by atoms with E-state index in [0.29, 0.717) is 37.3 Å². The minimum Gasteiger partial charge on any atom is -0.490 e. The van der Waals surface area contributed by atoms with E-state index < -0.39 is 32.7 Å². The molecule has 2 bridgehead atoms. The van der Waals surface area contributed by atoms with E-state index in [9.17, 15) is 18.3 Å². The fourth-order valence-corrected chi connectivity index (χ4v) is 10.8. The number of nitrogens with one attached hydrogen (secondary N) is 1. The van der Waals surface area contributed by atoms with E-state index in [2.05, 4.69) is 21.8 Å². The normalized spacial score (nSPS) is 35.8. The van der Waals surface area contributed by atoms with Crippen molar-refractivity contribution in [1.29, 1.82) is 0 Å². The molecule has 2 aromatic rings. The van der Waals surface area contributed by atoms with Gasteiger partial charge in [-0.15, -0.1) is 0 Å². The van der Waals surface area contributed by atoms with Crippen LogP contribution in [0.2, 0.25) is 5.02 Å². The lowest BCUT2D eigenvalue weighted by atomic mass is 9.68. The third-order valence-electron chi connectivity index (χ3n) is 11.2. The van der Waals surface area contributed by atoms with Gasteiger partial charge in [-0.25, -0.2) is 13.1 Å². The summed E-state index contributed by atoms with van der Waals surface area (Å²) in [5.74, 6) is 0.510. The number of halogens is 1. The molecule has 2 N–H and O–H groups in total. The van der Waals surface area contributed by atoms with E-state index in [0.717, 1.165) is 62.2 Å². The van der Waals surface area contributed by atoms with Crippen molar-refractivity contribution in [3.63, 3.8) is 0 Å². The highest BCUT2D eigenvalue weighted by Gasteiger charge is 2.47. The molecule has 0 aromatic heterocycles. The molecule has 2 heterocycles. The maximum atomic E-state index is 13.6. The average Bonchev–Trinajstić information content (AvgIpc) is 3.27. The van der Waals surface area contributed by atoms with E-state index in [1.54, 1.807) is 12.1 Å². The molecule has 1 spiro atoms. The summed E-state index contributed by atoms with van der Waals surface area (Å²) in [6, 6.07) is 11.5. The van der Waals surface area contributed by atoms with Gasteiger partial charge in [-0.1, -0.05) is 43.2 Å². The molecule has 230 valence electrons. The third-order valence-corrected chi connectivity index (χ3v) is 13.4. The van der Waals surface area contributed by atoms with Gasteiger partial charge in [0.1, 0.15) is 5.75 Å². The minimum absolute atomic E-state index is 0.132. The number of amides is 1. The molecule has 5 aliphatic rings. The smallest absolute Gasteiger partial charge is 0.264 e. The maximum absolute atomic E-state index is 13.6. The summed E-state index contributed by atoms with van der Waals surface area (Å²) in [5, 5.41) is 11.3. The molecule has 6 atom stereocenters. The number of hydrogen-bond donors (Lipinski definition) is 2. The Bertz CT molecular complexity index is 1580. The summed E-state index contributed by atoms with van der Waals surface area (Å²) >= 11 is 6.40. The number of hydrogen-bond acceptors (Lipinski definition) is 6. The number of aliphatic hydroxyl groups is 1. The van der Waals surface area contributed by atoms with Crippen LogP contribution >= 0.6 is 11.6 Å².